The molecule has 0 aliphatic carbocycles. The Morgan fingerprint density at radius 2 is 2.14 bits per heavy atom. The molecule has 0 saturated heterocycles. The van der Waals surface area contributed by atoms with Crippen molar-refractivity contribution in [1.29, 1.82) is 0 Å². The second-order valence-electron chi connectivity index (χ2n) is 3.15. The number of hydrogen-bond donors (Lipinski definition) is 1. The lowest BCUT2D eigenvalue weighted by molar-refractivity contribution is 0.671. The lowest BCUT2D eigenvalue weighted by Gasteiger charge is -2.16. The third-order valence-corrected chi connectivity index (χ3v) is 3.29. The fourth-order valence-electron chi connectivity index (χ4n) is 1.23. The van der Waals surface area contributed by atoms with E-state index in [1.807, 2.05) is 6.07 Å². The van der Waals surface area contributed by atoms with Crippen molar-refractivity contribution >= 4 is 33.2 Å². The molecule has 0 fully saturated rings. The van der Waals surface area contributed by atoms with Crippen LogP contribution in [0, 0.1) is 0 Å². The minimum Gasteiger partial charge on any atom is -0.381 e. The predicted octanol–water partition coefficient (Wildman–Crippen LogP) is 4.10. The maximum absolute atomic E-state index is 5.80. The zero-order chi connectivity index (χ0) is 10.6. The van der Waals surface area contributed by atoms with Gasteiger partial charge in [0.2, 0.25) is 0 Å². The molecule has 1 rings (SSSR count). The molecular formula is C10H14BrClN2. The standard InChI is InChI=1S/C10H14BrClN2/c1-3-7(4-2)14-8-5-9(11)10(12)13-6-8/h5-7,14H,3-4H2,1-2H3. The van der Waals surface area contributed by atoms with E-state index >= 15 is 0 Å². The first kappa shape index (κ1) is 11.8. The molecule has 0 unspecified atom stereocenters. The normalized spacial score (nSPS) is 10.6. The average Bonchev–Trinajstić information content (AvgIpc) is 2.19. The molecule has 14 heavy (non-hydrogen) atoms. The van der Waals surface area contributed by atoms with Crippen LogP contribution < -0.4 is 5.32 Å². The van der Waals surface area contributed by atoms with Crippen LogP contribution in [0.4, 0.5) is 5.69 Å². The van der Waals surface area contributed by atoms with E-state index in [-0.39, 0.29) is 0 Å². The lowest BCUT2D eigenvalue weighted by Crippen LogP contribution is -2.16. The lowest BCUT2D eigenvalue weighted by atomic mass is 10.1. The van der Waals surface area contributed by atoms with E-state index in [4.69, 9.17) is 11.6 Å². The van der Waals surface area contributed by atoms with Crippen LogP contribution in [0.1, 0.15) is 26.7 Å². The number of nitrogens with zero attached hydrogens (tertiary/aromatic N) is 1. The van der Waals surface area contributed by atoms with Gasteiger partial charge in [0.05, 0.1) is 16.4 Å². The molecule has 0 amide bonds. The summed E-state index contributed by atoms with van der Waals surface area (Å²) >= 11 is 9.14. The smallest absolute Gasteiger partial charge is 0.143 e. The highest BCUT2D eigenvalue weighted by Gasteiger charge is 2.05. The van der Waals surface area contributed by atoms with Crippen LogP contribution in [0.3, 0.4) is 0 Å². The number of pyridine rings is 1. The Kier molecular flexibility index (Phi) is 4.69. The van der Waals surface area contributed by atoms with Crippen LogP contribution in [-0.4, -0.2) is 11.0 Å². The van der Waals surface area contributed by atoms with Crippen molar-refractivity contribution in [3.63, 3.8) is 0 Å². The van der Waals surface area contributed by atoms with Gasteiger partial charge in [-0.3, -0.25) is 0 Å². The molecule has 78 valence electrons. The van der Waals surface area contributed by atoms with Crippen molar-refractivity contribution in [3.8, 4) is 0 Å². The van der Waals surface area contributed by atoms with Gasteiger partial charge in [0.25, 0.3) is 0 Å². The molecule has 0 aliphatic rings. The Bertz CT molecular complexity index is 300. The Morgan fingerprint density at radius 1 is 1.50 bits per heavy atom. The molecule has 0 bridgehead atoms. The first-order chi connectivity index (χ1) is 6.67. The molecule has 1 N–H and O–H groups in total. The van der Waals surface area contributed by atoms with Crippen molar-refractivity contribution in [2.75, 3.05) is 5.32 Å². The van der Waals surface area contributed by atoms with E-state index in [1.165, 1.54) is 0 Å². The maximum atomic E-state index is 5.80. The number of nitrogens with one attached hydrogen (secondary N) is 1. The van der Waals surface area contributed by atoms with Crippen LogP contribution in [0.2, 0.25) is 5.15 Å². The Labute approximate surface area is 98.2 Å². The highest BCUT2D eigenvalue weighted by molar-refractivity contribution is 9.10. The predicted molar refractivity (Wildman–Crippen MR) is 64.9 cm³/mol. The van der Waals surface area contributed by atoms with E-state index in [2.05, 4.69) is 40.1 Å². The molecule has 0 atom stereocenters. The van der Waals surface area contributed by atoms with Gasteiger partial charge < -0.3 is 5.32 Å². The molecular weight excluding hydrogens is 263 g/mol. The summed E-state index contributed by atoms with van der Waals surface area (Å²) < 4.78 is 0.829. The van der Waals surface area contributed by atoms with Crippen LogP contribution in [0.25, 0.3) is 0 Å². The zero-order valence-electron chi connectivity index (χ0n) is 8.35. The van der Waals surface area contributed by atoms with Crippen molar-refractivity contribution < 1.29 is 0 Å². The van der Waals surface area contributed by atoms with Crippen LogP contribution in [0.5, 0.6) is 0 Å². The van der Waals surface area contributed by atoms with E-state index in [9.17, 15) is 0 Å². The fourth-order valence-corrected chi connectivity index (χ4v) is 1.68. The average molecular weight is 278 g/mol. The Hall–Kier alpha value is -0.280. The fraction of sp³-hybridized carbons (Fsp3) is 0.500. The highest BCUT2D eigenvalue weighted by Crippen LogP contribution is 2.23. The summed E-state index contributed by atoms with van der Waals surface area (Å²) in [6, 6.07) is 2.46. The number of halogens is 2. The summed E-state index contributed by atoms with van der Waals surface area (Å²) in [5.74, 6) is 0. The second-order valence-corrected chi connectivity index (χ2v) is 4.37. The van der Waals surface area contributed by atoms with Crippen molar-refractivity contribution in [1.82, 2.24) is 4.98 Å². The van der Waals surface area contributed by atoms with E-state index in [1.54, 1.807) is 6.20 Å². The minimum atomic E-state index is 0.500. The number of aromatic nitrogens is 1. The van der Waals surface area contributed by atoms with Gasteiger partial charge in [-0.25, -0.2) is 4.98 Å². The topological polar surface area (TPSA) is 24.9 Å². The van der Waals surface area contributed by atoms with E-state index in [0.29, 0.717) is 11.2 Å². The number of anilines is 1. The van der Waals surface area contributed by atoms with Crippen LogP contribution in [0.15, 0.2) is 16.7 Å². The third kappa shape index (κ3) is 3.14. The quantitative estimate of drug-likeness (QED) is 0.838. The zero-order valence-corrected chi connectivity index (χ0v) is 10.7. The van der Waals surface area contributed by atoms with Crippen LogP contribution >= 0.6 is 27.5 Å². The van der Waals surface area contributed by atoms with Gasteiger partial charge in [-0.15, -0.1) is 0 Å². The van der Waals surface area contributed by atoms with Gasteiger partial charge in [0.1, 0.15) is 5.15 Å². The third-order valence-electron chi connectivity index (χ3n) is 2.15. The Balaban J connectivity index is 2.72. The molecule has 0 saturated carbocycles. The van der Waals surface area contributed by atoms with Crippen molar-refractivity contribution in [2.24, 2.45) is 0 Å². The molecule has 2 nitrogen and oxygen atoms in total. The molecule has 1 aromatic heterocycles. The summed E-state index contributed by atoms with van der Waals surface area (Å²) in [6.07, 6.45) is 3.97. The monoisotopic (exact) mass is 276 g/mol. The summed E-state index contributed by atoms with van der Waals surface area (Å²) in [4.78, 5) is 4.06. The molecule has 4 heteroatoms. The number of hydrogen-bond acceptors (Lipinski definition) is 2. The summed E-state index contributed by atoms with van der Waals surface area (Å²) in [5.41, 5.74) is 1.01. The Morgan fingerprint density at radius 3 is 2.64 bits per heavy atom. The molecule has 0 aliphatic heterocycles. The molecule has 0 radical (unpaired) electrons. The molecule has 1 aromatic rings. The van der Waals surface area contributed by atoms with Crippen LogP contribution in [-0.2, 0) is 0 Å². The molecule has 1 heterocycles. The van der Waals surface area contributed by atoms with E-state index < -0.39 is 0 Å². The summed E-state index contributed by atoms with van der Waals surface area (Å²) in [5, 5.41) is 3.90. The maximum Gasteiger partial charge on any atom is 0.143 e. The molecule has 0 spiro atoms. The van der Waals surface area contributed by atoms with Gasteiger partial charge in [-0.05, 0) is 34.8 Å². The highest BCUT2D eigenvalue weighted by atomic mass is 79.9. The summed E-state index contributed by atoms with van der Waals surface area (Å²) in [6.45, 7) is 4.33. The van der Waals surface area contributed by atoms with Gasteiger partial charge in [-0.2, -0.15) is 0 Å². The van der Waals surface area contributed by atoms with Gasteiger partial charge >= 0.3 is 0 Å². The summed E-state index contributed by atoms with van der Waals surface area (Å²) in [7, 11) is 0. The van der Waals surface area contributed by atoms with Gasteiger partial charge in [0.15, 0.2) is 0 Å². The van der Waals surface area contributed by atoms with Gasteiger partial charge in [0, 0.05) is 6.04 Å². The SMILES string of the molecule is CCC(CC)Nc1cnc(Cl)c(Br)c1. The molecule has 0 aromatic carbocycles. The first-order valence-electron chi connectivity index (χ1n) is 4.75. The first-order valence-corrected chi connectivity index (χ1v) is 5.92. The minimum absolute atomic E-state index is 0.500. The van der Waals surface area contributed by atoms with Crippen molar-refractivity contribution in [3.05, 3.63) is 21.9 Å². The largest absolute Gasteiger partial charge is 0.381 e. The van der Waals surface area contributed by atoms with Gasteiger partial charge in [-0.1, -0.05) is 25.4 Å². The second kappa shape index (κ2) is 5.56. The van der Waals surface area contributed by atoms with Crippen molar-refractivity contribution in [2.45, 2.75) is 32.7 Å². The van der Waals surface area contributed by atoms with E-state index in [0.717, 1.165) is 23.0 Å². The number of rotatable bonds is 4.